The van der Waals surface area contributed by atoms with Crippen molar-refractivity contribution in [2.45, 2.75) is 20.3 Å². The maximum absolute atomic E-state index is 12.3. The Kier molecular flexibility index (Phi) is 3.70. The molecule has 0 unspecified atom stereocenters. The lowest BCUT2D eigenvalue weighted by molar-refractivity contribution is 0.0507. The summed E-state index contributed by atoms with van der Waals surface area (Å²) in [5, 5.41) is 6.48. The molecule has 6 heteroatoms. The number of rotatable bonds is 4. The summed E-state index contributed by atoms with van der Waals surface area (Å²) in [5.74, 6) is -0.367. The van der Waals surface area contributed by atoms with Crippen LogP contribution in [0.2, 0.25) is 0 Å². The van der Waals surface area contributed by atoms with Gasteiger partial charge in [0, 0.05) is 0 Å². The van der Waals surface area contributed by atoms with Gasteiger partial charge in [0.25, 0.3) is 5.71 Å². The van der Waals surface area contributed by atoms with Crippen molar-refractivity contribution >= 4 is 28.4 Å². The maximum Gasteiger partial charge on any atom is 0.339 e. The molecular formula is C15H14N2O3S. The van der Waals surface area contributed by atoms with Gasteiger partial charge in [-0.15, -0.1) is 11.3 Å². The van der Waals surface area contributed by atoms with Crippen molar-refractivity contribution in [1.29, 1.82) is 0 Å². The Bertz CT molecular complexity index is 778. The molecule has 0 saturated carbocycles. The molecule has 0 aliphatic rings. The van der Waals surface area contributed by atoms with Crippen LogP contribution in [0.15, 0.2) is 28.1 Å². The minimum Gasteiger partial charge on any atom is -0.462 e. The fourth-order valence-electron chi connectivity index (χ4n) is 2.08. The molecule has 0 N–H and O–H groups in total. The first-order valence-corrected chi connectivity index (χ1v) is 7.56. The molecule has 3 heterocycles. The third-order valence-electron chi connectivity index (χ3n) is 3.05. The van der Waals surface area contributed by atoms with Gasteiger partial charge >= 0.3 is 5.97 Å². The molecule has 0 saturated heterocycles. The molecule has 0 spiro atoms. The number of pyridine rings is 1. The van der Waals surface area contributed by atoms with Crippen LogP contribution >= 0.6 is 11.3 Å². The molecule has 0 atom stereocenters. The third kappa shape index (κ3) is 2.54. The second-order valence-corrected chi connectivity index (χ2v) is 5.56. The number of hydrogen-bond acceptors (Lipinski definition) is 6. The smallest absolute Gasteiger partial charge is 0.339 e. The molecule has 0 fully saturated rings. The van der Waals surface area contributed by atoms with Gasteiger partial charge in [0.15, 0.2) is 0 Å². The van der Waals surface area contributed by atoms with Gasteiger partial charge in [-0.25, -0.2) is 9.78 Å². The van der Waals surface area contributed by atoms with Crippen LogP contribution in [0.5, 0.6) is 0 Å². The van der Waals surface area contributed by atoms with E-state index < -0.39 is 0 Å². The number of carbonyl (C=O) groups is 1. The first-order valence-electron chi connectivity index (χ1n) is 6.68. The van der Waals surface area contributed by atoms with E-state index in [1.807, 2.05) is 24.4 Å². The van der Waals surface area contributed by atoms with Crippen molar-refractivity contribution in [1.82, 2.24) is 10.1 Å². The molecule has 3 aromatic heterocycles. The highest BCUT2D eigenvalue weighted by Crippen LogP contribution is 2.29. The normalized spacial score (nSPS) is 11.0. The van der Waals surface area contributed by atoms with Gasteiger partial charge in [-0.3, -0.25) is 0 Å². The lowest BCUT2D eigenvalue weighted by atomic mass is 10.1. The highest BCUT2D eigenvalue weighted by molar-refractivity contribution is 7.13. The van der Waals surface area contributed by atoms with Gasteiger partial charge in [0.05, 0.1) is 33.8 Å². The van der Waals surface area contributed by atoms with E-state index in [9.17, 15) is 4.79 Å². The number of ether oxygens (including phenoxy) is 1. The number of aromatic nitrogens is 2. The standard InChI is InChI=1S/C15H14N2O3S/c1-3-6-19-15(18)10-8-11(12-5-4-7-21-12)16-14-13(10)9(2)17-20-14/h4-5,7-8H,3,6H2,1-2H3. The molecular weight excluding hydrogens is 288 g/mol. The average molecular weight is 302 g/mol. The Labute approximate surface area is 125 Å². The third-order valence-corrected chi connectivity index (χ3v) is 3.94. The first-order chi connectivity index (χ1) is 10.2. The Hall–Kier alpha value is -2.21. The number of thiophene rings is 1. The summed E-state index contributed by atoms with van der Waals surface area (Å²) in [7, 11) is 0. The molecule has 3 aromatic rings. The summed E-state index contributed by atoms with van der Waals surface area (Å²) in [6.45, 7) is 4.13. The average Bonchev–Trinajstić information content (AvgIpc) is 3.14. The van der Waals surface area contributed by atoms with Crippen LogP contribution in [0, 0.1) is 6.92 Å². The molecule has 5 nitrogen and oxygen atoms in total. The minimum atomic E-state index is -0.367. The predicted molar refractivity (Wildman–Crippen MR) is 80.4 cm³/mol. The van der Waals surface area contributed by atoms with Crippen LogP contribution in [-0.4, -0.2) is 22.7 Å². The lowest BCUT2D eigenvalue weighted by Gasteiger charge is -2.06. The van der Waals surface area contributed by atoms with Gasteiger partial charge in [0.2, 0.25) is 0 Å². The van der Waals surface area contributed by atoms with E-state index in [4.69, 9.17) is 9.26 Å². The van der Waals surface area contributed by atoms with Crippen LogP contribution in [-0.2, 0) is 4.74 Å². The van der Waals surface area contributed by atoms with E-state index in [2.05, 4.69) is 10.1 Å². The van der Waals surface area contributed by atoms with Crippen LogP contribution < -0.4 is 0 Å². The molecule has 0 aliphatic carbocycles. The SMILES string of the molecule is CCCOC(=O)c1cc(-c2cccs2)nc2onc(C)c12. The lowest BCUT2D eigenvalue weighted by Crippen LogP contribution is -2.07. The summed E-state index contributed by atoms with van der Waals surface area (Å²) >= 11 is 1.55. The predicted octanol–water partition coefficient (Wildman–Crippen LogP) is 3.83. The number of hydrogen-bond donors (Lipinski definition) is 0. The van der Waals surface area contributed by atoms with Crippen molar-refractivity contribution < 1.29 is 14.1 Å². The summed E-state index contributed by atoms with van der Waals surface area (Å²) in [4.78, 5) is 17.7. The quantitative estimate of drug-likeness (QED) is 0.685. The van der Waals surface area contributed by atoms with Crippen LogP contribution in [0.4, 0.5) is 0 Å². The summed E-state index contributed by atoms with van der Waals surface area (Å²) < 4.78 is 10.5. The van der Waals surface area contributed by atoms with E-state index in [-0.39, 0.29) is 5.97 Å². The fraction of sp³-hybridized carbons (Fsp3) is 0.267. The van der Waals surface area contributed by atoms with Gasteiger partial charge in [0.1, 0.15) is 0 Å². The second-order valence-electron chi connectivity index (χ2n) is 4.62. The van der Waals surface area contributed by atoms with Crippen molar-refractivity contribution in [3.05, 3.63) is 34.8 Å². The summed E-state index contributed by atoms with van der Waals surface area (Å²) in [6.07, 6.45) is 0.778. The monoisotopic (exact) mass is 302 g/mol. The molecule has 0 aliphatic heterocycles. The van der Waals surface area contributed by atoms with Crippen molar-refractivity contribution in [3.8, 4) is 10.6 Å². The highest BCUT2D eigenvalue weighted by Gasteiger charge is 2.20. The number of esters is 1. The Morgan fingerprint density at radius 1 is 1.48 bits per heavy atom. The van der Waals surface area contributed by atoms with Crippen LogP contribution in [0.25, 0.3) is 21.7 Å². The molecule has 0 bridgehead atoms. The van der Waals surface area contributed by atoms with Crippen LogP contribution in [0.1, 0.15) is 29.4 Å². The van der Waals surface area contributed by atoms with E-state index in [1.54, 1.807) is 24.3 Å². The van der Waals surface area contributed by atoms with E-state index in [0.717, 1.165) is 11.3 Å². The molecule has 0 aromatic carbocycles. The topological polar surface area (TPSA) is 65.2 Å². The maximum atomic E-state index is 12.3. The molecule has 21 heavy (non-hydrogen) atoms. The number of carbonyl (C=O) groups excluding carboxylic acids is 1. The zero-order valence-corrected chi connectivity index (χ0v) is 12.6. The van der Waals surface area contributed by atoms with E-state index >= 15 is 0 Å². The second kappa shape index (κ2) is 5.65. The Balaban J connectivity index is 2.15. The van der Waals surface area contributed by atoms with Gasteiger partial charge in [-0.2, -0.15) is 0 Å². The largest absolute Gasteiger partial charge is 0.462 e. The number of fused-ring (bicyclic) bond motifs is 1. The molecule has 0 amide bonds. The molecule has 108 valence electrons. The zero-order valence-electron chi connectivity index (χ0n) is 11.8. The van der Waals surface area contributed by atoms with Crippen molar-refractivity contribution in [2.75, 3.05) is 6.61 Å². The zero-order chi connectivity index (χ0) is 14.8. The molecule has 3 rings (SSSR count). The number of aryl methyl sites for hydroxylation is 1. The van der Waals surface area contributed by atoms with Gasteiger partial charge in [-0.05, 0) is 30.9 Å². The van der Waals surface area contributed by atoms with Crippen LogP contribution in [0.3, 0.4) is 0 Å². The fourth-order valence-corrected chi connectivity index (χ4v) is 2.76. The minimum absolute atomic E-state index is 0.363. The highest BCUT2D eigenvalue weighted by atomic mass is 32.1. The van der Waals surface area contributed by atoms with E-state index in [1.165, 1.54) is 0 Å². The Morgan fingerprint density at radius 3 is 3.05 bits per heavy atom. The first kappa shape index (κ1) is 13.8. The Morgan fingerprint density at radius 2 is 2.33 bits per heavy atom. The van der Waals surface area contributed by atoms with Gasteiger partial charge in [-0.1, -0.05) is 18.1 Å². The van der Waals surface area contributed by atoms with Crippen molar-refractivity contribution in [3.63, 3.8) is 0 Å². The van der Waals surface area contributed by atoms with Crippen molar-refractivity contribution in [2.24, 2.45) is 0 Å². The summed E-state index contributed by atoms with van der Waals surface area (Å²) in [6, 6.07) is 5.63. The van der Waals surface area contributed by atoms with E-state index in [0.29, 0.717) is 34.7 Å². The van der Waals surface area contributed by atoms with Gasteiger partial charge < -0.3 is 9.26 Å². The number of nitrogens with zero attached hydrogens (tertiary/aromatic N) is 2. The molecule has 0 radical (unpaired) electrons. The summed E-state index contributed by atoms with van der Waals surface area (Å²) in [5.41, 5.74) is 2.15.